The third-order valence-electron chi connectivity index (χ3n) is 4.79. The van der Waals surface area contributed by atoms with Crippen molar-refractivity contribution in [3.05, 3.63) is 22.3 Å². The minimum atomic E-state index is -3.80. The predicted octanol–water partition coefficient (Wildman–Crippen LogP) is -6.14. The maximum absolute atomic E-state index is 12.7. The van der Waals surface area contributed by atoms with Crippen LogP contribution in [0, 0.1) is 0 Å². The number of hydrogen-bond acceptors (Lipinski definition) is 13. The van der Waals surface area contributed by atoms with Crippen molar-refractivity contribution in [3.63, 3.8) is 0 Å². The van der Waals surface area contributed by atoms with E-state index in [2.05, 4.69) is 20.8 Å². The van der Waals surface area contributed by atoms with E-state index >= 15 is 0 Å². The Labute approximate surface area is 229 Å². The number of rotatable bonds is 9. The number of carbonyl (C=O) groups excluding carboxylic acids is 4. The van der Waals surface area contributed by atoms with Crippen LogP contribution in [-0.2, 0) is 29.0 Å². The molecular weight excluding hydrogens is 535 g/mol. The van der Waals surface area contributed by atoms with Gasteiger partial charge in [0.15, 0.2) is 20.7 Å². The first-order valence-electron chi connectivity index (χ1n) is 9.52. The van der Waals surface area contributed by atoms with Crippen LogP contribution in [0.4, 0.5) is 5.13 Å². The number of nitrogens with zero attached hydrogens (tertiary/aromatic N) is 3. The van der Waals surface area contributed by atoms with Gasteiger partial charge >= 0.3 is 29.6 Å². The van der Waals surface area contributed by atoms with Crippen molar-refractivity contribution in [1.82, 2.24) is 20.5 Å². The number of β-lactam (4-membered cyclic amide) rings is 1. The Morgan fingerprint density at radius 2 is 2.09 bits per heavy atom. The SMILES string of the molecule is CC(=O)NCCS(=O)(=O)CC1=C(C(=O)[O-])N2C(=O)C(NC(=O)/C(=N\O)c3csc(N)n3)[C@H]2SC1.[Na+]. The number of sulfone groups is 1. The minimum Gasteiger partial charge on any atom is -0.543 e. The van der Waals surface area contributed by atoms with Crippen LogP contribution < -0.4 is 51.0 Å². The monoisotopic (exact) mass is 554 g/mol. The molecule has 3 rings (SSSR count). The smallest absolute Gasteiger partial charge is 0.543 e. The van der Waals surface area contributed by atoms with Gasteiger partial charge in [-0.3, -0.25) is 19.3 Å². The zero-order chi connectivity index (χ0) is 25.2. The number of thioether (sulfide) groups is 1. The second kappa shape index (κ2) is 11.7. The van der Waals surface area contributed by atoms with Gasteiger partial charge in [0.05, 0.1) is 23.2 Å². The van der Waals surface area contributed by atoms with Gasteiger partial charge in [-0.1, -0.05) is 5.16 Å². The predicted molar refractivity (Wildman–Crippen MR) is 119 cm³/mol. The summed E-state index contributed by atoms with van der Waals surface area (Å²) in [5.41, 5.74) is 4.42. The minimum absolute atomic E-state index is 0. The number of carbonyl (C=O) groups is 4. The molecule has 3 amide bonds. The topological polar surface area (TPSA) is 224 Å². The number of nitrogens with one attached hydrogen (secondary N) is 2. The molecule has 2 atom stereocenters. The Balaban J connectivity index is 0.00000432. The number of amides is 3. The number of anilines is 1. The van der Waals surface area contributed by atoms with Crippen molar-refractivity contribution in [2.45, 2.75) is 18.3 Å². The van der Waals surface area contributed by atoms with E-state index in [4.69, 9.17) is 5.73 Å². The summed E-state index contributed by atoms with van der Waals surface area (Å²) in [7, 11) is -3.80. The number of nitrogens with two attached hydrogens (primary N) is 1. The van der Waals surface area contributed by atoms with E-state index in [0.29, 0.717) is 0 Å². The fourth-order valence-corrected chi connectivity index (χ4v) is 6.67. The first kappa shape index (κ1) is 29.1. The molecule has 2 aliphatic rings. The maximum atomic E-state index is 12.7. The summed E-state index contributed by atoms with van der Waals surface area (Å²) in [4.78, 5) is 52.6. The van der Waals surface area contributed by atoms with E-state index in [0.717, 1.165) is 28.0 Å². The molecule has 35 heavy (non-hydrogen) atoms. The van der Waals surface area contributed by atoms with Gasteiger partial charge in [0.1, 0.15) is 17.1 Å². The fraction of sp³-hybridized carbons (Fsp3) is 0.412. The van der Waals surface area contributed by atoms with Crippen LogP contribution in [0.25, 0.3) is 0 Å². The molecule has 2 aliphatic heterocycles. The Kier molecular flexibility index (Phi) is 9.71. The van der Waals surface area contributed by atoms with Crippen molar-refractivity contribution in [3.8, 4) is 0 Å². The Morgan fingerprint density at radius 1 is 1.40 bits per heavy atom. The number of carboxylic acids is 1. The number of oxime groups is 1. The molecule has 1 unspecified atom stereocenters. The van der Waals surface area contributed by atoms with Gasteiger partial charge in [0.2, 0.25) is 5.91 Å². The van der Waals surface area contributed by atoms with Crippen LogP contribution in [0.5, 0.6) is 0 Å². The van der Waals surface area contributed by atoms with Crippen LogP contribution >= 0.6 is 23.1 Å². The average Bonchev–Trinajstić information content (AvgIpc) is 3.17. The number of carboxylic acid groups (broad SMARTS) is 1. The zero-order valence-electron chi connectivity index (χ0n) is 18.5. The number of aromatic nitrogens is 1. The summed E-state index contributed by atoms with van der Waals surface area (Å²) in [6.45, 7) is 1.09. The van der Waals surface area contributed by atoms with E-state index in [1.165, 1.54) is 12.3 Å². The number of fused-ring (bicyclic) bond motifs is 1. The molecule has 5 N–H and O–H groups in total. The van der Waals surface area contributed by atoms with Crippen LogP contribution in [-0.4, -0.2) is 88.1 Å². The van der Waals surface area contributed by atoms with E-state index in [9.17, 15) is 37.9 Å². The van der Waals surface area contributed by atoms with Crippen molar-refractivity contribution in [2.75, 3.05) is 29.5 Å². The molecule has 14 nitrogen and oxygen atoms in total. The fourth-order valence-electron chi connectivity index (χ4n) is 3.32. The van der Waals surface area contributed by atoms with Crippen molar-refractivity contribution in [1.29, 1.82) is 0 Å². The summed E-state index contributed by atoms with van der Waals surface area (Å²) in [6.07, 6.45) is 0. The second-order valence-electron chi connectivity index (χ2n) is 7.20. The van der Waals surface area contributed by atoms with Gasteiger partial charge in [-0.15, -0.1) is 23.1 Å². The Morgan fingerprint density at radius 3 is 2.63 bits per heavy atom. The summed E-state index contributed by atoms with van der Waals surface area (Å²) in [6, 6.07) is -1.16. The summed E-state index contributed by atoms with van der Waals surface area (Å²) in [5, 5.41) is 29.3. The van der Waals surface area contributed by atoms with Gasteiger partial charge in [-0.05, 0) is 5.57 Å². The van der Waals surface area contributed by atoms with Crippen LogP contribution in [0.3, 0.4) is 0 Å². The molecule has 0 aliphatic carbocycles. The number of hydrogen-bond donors (Lipinski definition) is 4. The van der Waals surface area contributed by atoms with Crippen LogP contribution in [0.15, 0.2) is 21.8 Å². The second-order valence-corrected chi connectivity index (χ2v) is 11.4. The molecule has 1 aromatic rings. The molecule has 1 aromatic heterocycles. The van der Waals surface area contributed by atoms with E-state index in [1.807, 2.05) is 0 Å². The van der Waals surface area contributed by atoms with Gasteiger partial charge in [-0.25, -0.2) is 13.4 Å². The molecule has 1 saturated heterocycles. The third-order valence-corrected chi connectivity index (χ3v) is 8.42. The van der Waals surface area contributed by atoms with Gasteiger partial charge in [0.25, 0.3) is 11.8 Å². The van der Waals surface area contributed by atoms with Crippen molar-refractivity contribution < 1.29 is 67.5 Å². The molecule has 0 aromatic carbocycles. The molecule has 18 heteroatoms. The zero-order valence-corrected chi connectivity index (χ0v) is 23.0. The molecule has 184 valence electrons. The molecule has 1 fully saturated rings. The first-order valence-corrected chi connectivity index (χ1v) is 13.3. The summed E-state index contributed by atoms with van der Waals surface area (Å²) in [5.74, 6) is -4.97. The van der Waals surface area contributed by atoms with E-state index in [1.54, 1.807) is 0 Å². The molecule has 0 saturated carbocycles. The number of aliphatic carboxylic acids is 1. The number of thiazole rings is 1. The first-order chi connectivity index (χ1) is 15.9. The van der Waals surface area contributed by atoms with Crippen LogP contribution in [0.1, 0.15) is 12.6 Å². The molecule has 0 radical (unpaired) electrons. The van der Waals surface area contributed by atoms with E-state index in [-0.39, 0.29) is 58.3 Å². The normalized spacial score (nSPS) is 19.9. The number of nitrogen functional groups attached to an aromatic ring is 1. The van der Waals surface area contributed by atoms with Gasteiger partial charge in [-0.2, -0.15) is 0 Å². The average molecular weight is 555 g/mol. The quantitative estimate of drug-likeness (QED) is 0.0738. The molecular formula is C17H19N6NaO8S3. The molecule has 3 heterocycles. The van der Waals surface area contributed by atoms with E-state index < -0.39 is 67.9 Å². The van der Waals surface area contributed by atoms with Gasteiger partial charge in [0, 0.05) is 24.6 Å². The van der Waals surface area contributed by atoms with Crippen molar-refractivity contribution >= 4 is 67.5 Å². The largest absolute Gasteiger partial charge is 1.00 e. The Hall–Kier alpha value is -2.18. The van der Waals surface area contributed by atoms with Crippen LogP contribution in [0.2, 0.25) is 0 Å². The van der Waals surface area contributed by atoms with Gasteiger partial charge < -0.3 is 31.5 Å². The Bertz CT molecular complexity index is 1210. The molecule has 0 bridgehead atoms. The van der Waals surface area contributed by atoms with Crippen molar-refractivity contribution in [2.24, 2.45) is 5.16 Å². The standard InChI is InChI=1S/C17H20N6O8S3.Na/c1-7(24)19-2-3-34(30,31)6-8-4-32-15-11(14(26)23(15)12(8)16(27)28)21-13(25)10(22-29)9-5-33-17(18)20-9;/h5,11,15,29H,2-4,6H2,1H3,(H2,18,20)(H,19,24)(H,21,25)(H,27,28);/q;+1/p-1/b22-10-;/t11?,15-;/m1./s1. The maximum Gasteiger partial charge on any atom is 1.00 e. The summed E-state index contributed by atoms with van der Waals surface area (Å²) >= 11 is 2.06. The third kappa shape index (κ3) is 6.53. The summed E-state index contributed by atoms with van der Waals surface area (Å²) < 4.78 is 24.7. The molecule has 0 spiro atoms.